The third-order valence-electron chi connectivity index (χ3n) is 3.82. The van der Waals surface area contributed by atoms with Crippen LogP contribution >= 0.6 is 15.9 Å². The van der Waals surface area contributed by atoms with E-state index in [0.29, 0.717) is 18.8 Å². The van der Waals surface area contributed by atoms with Gasteiger partial charge in [0.25, 0.3) is 10.0 Å². The first-order valence-electron chi connectivity index (χ1n) is 8.01. The Kier molecular flexibility index (Phi) is 6.61. The van der Waals surface area contributed by atoms with Gasteiger partial charge in [-0.05, 0) is 44.2 Å². The second-order valence-corrected chi connectivity index (χ2v) is 8.15. The number of benzene rings is 2. The molecule has 0 aliphatic heterocycles. The first-order valence-corrected chi connectivity index (χ1v) is 10.2. The van der Waals surface area contributed by atoms with Gasteiger partial charge < -0.3 is 4.90 Å². The Balaban J connectivity index is 2.48. The molecule has 0 aromatic heterocycles. The third-order valence-corrected chi connectivity index (χ3v) is 6.10. The molecule has 134 valence electrons. The van der Waals surface area contributed by atoms with Gasteiger partial charge >= 0.3 is 0 Å². The van der Waals surface area contributed by atoms with Crippen LogP contribution in [0.25, 0.3) is 0 Å². The molecule has 2 rings (SSSR count). The van der Waals surface area contributed by atoms with E-state index in [0.717, 1.165) is 8.78 Å². The van der Waals surface area contributed by atoms with Crippen LogP contribution in [-0.4, -0.2) is 38.9 Å². The summed E-state index contributed by atoms with van der Waals surface area (Å²) in [7, 11) is -3.85. The maximum atomic E-state index is 13.1. The van der Waals surface area contributed by atoms with E-state index in [4.69, 9.17) is 0 Å². The molecule has 0 spiro atoms. The zero-order chi connectivity index (χ0) is 18.4. The number of rotatable bonds is 7. The maximum Gasteiger partial charge on any atom is 0.264 e. The molecule has 2 aromatic rings. The minimum Gasteiger partial charge on any atom is -0.342 e. The van der Waals surface area contributed by atoms with Gasteiger partial charge in [-0.1, -0.05) is 40.2 Å². The topological polar surface area (TPSA) is 57.7 Å². The van der Waals surface area contributed by atoms with Crippen LogP contribution in [0.3, 0.4) is 0 Å². The van der Waals surface area contributed by atoms with Crippen molar-refractivity contribution in [3.8, 4) is 0 Å². The number of halogens is 1. The molecule has 0 bridgehead atoms. The Morgan fingerprint density at radius 2 is 1.64 bits per heavy atom. The number of hydrogen-bond donors (Lipinski definition) is 0. The molecule has 0 atom stereocenters. The molecule has 1 amide bonds. The van der Waals surface area contributed by atoms with Gasteiger partial charge in [0.2, 0.25) is 5.91 Å². The maximum absolute atomic E-state index is 13.1. The van der Waals surface area contributed by atoms with Gasteiger partial charge in [0, 0.05) is 17.6 Å². The summed E-state index contributed by atoms with van der Waals surface area (Å²) in [6.45, 7) is 4.57. The van der Waals surface area contributed by atoms with Crippen molar-refractivity contribution >= 4 is 37.5 Å². The molecule has 0 aliphatic carbocycles. The highest BCUT2D eigenvalue weighted by Gasteiger charge is 2.28. The molecule has 5 nitrogen and oxygen atoms in total. The van der Waals surface area contributed by atoms with Gasteiger partial charge in [0.05, 0.1) is 10.6 Å². The van der Waals surface area contributed by atoms with E-state index >= 15 is 0 Å². The van der Waals surface area contributed by atoms with E-state index < -0.39 is 10.0 Å². The van der Waals surface area contributed by atoms with E-state index in [1.165, 1.54) is 12.1 Å². The van der Waals surface area contributed by atoms with Gasteiger partial charge in [-0.25, -0.2) is 8.42 Å². The van der Waals surface area contributed by atoms with Crippen LogP contribution in [0.15, 0.2) is 64.0 Å². The molecule has 0 radical (unpaired) electrons. The summed E-state index contributed by atoms with van der Waals surface area (Å²) in [5, 5.41) is 0. The van der Waals surface area contributed by atoms with Crippen molar-refractivity contribution < 1.29 is 13.2 Å². The molecule has 0 fully saturated rings. The summed E-state index contributed by atoms with van der Waals surface area (Å²) in [5.74, 6) is -0.232. The Morgan fingerprint density at radius 3 is 2.20 bits per heavy atom. The molecule has 2 aromatic carbocycles. The lowest BCUT2D eigenvalue weighted by Gasteiger charge is -2.27. The van der Waals surface area contributed by atoms with Crippen molar-refractivity contribution in [2.24, 2.45) is 0 Å². The molecule has 0 heterocycles. The lowest BCUT2D eigenvalue weighted by Crippen LogP contribution is -2.43. The van der Waals surface area contributed by atoms with Crippen molar-refractivity contribution in [2.45, 2.75) is 18.7 Å². The smallest absolute Gasteiger partial charge is 0.264 e. The fourth-order valence-electron chi connectivity index (χ4n) is 2.47. The van der Waals surface area contributed by atoms with Crippen molar-refractivity contribution in [1.82, 2.24) is 4.90 Å². The highest BCUT2D eigenvalue weighted by Crippen LogP contribution is 2.26. The van der Waals surface area contributed by atoms with Crippen LogP contribution < -0.4 is 4.31 Å². The number of amides is 1. The summed E-state index contributed by atoms with van der Waals surface area (Å²) < 4.78 is 28.1. The van der Waals surface area contributed by atoms with E-state index in [-0.39, 0.29) is 17.3 Å². The average molecular weight is 425 g/mol. The molecule has 0 saturated heterocycles. The summed E-state index contributed by atoms with van der Waals surface area (Å²) in [6.07, 6.45) is 0. The van der Waals surface area contributed by atoms with E-state index in [1.54, 1.807) is 41.3 Å². The largest absolute Gasteiger partial charge is 0.342 e. The first kappa shape index (κ1) is 19.5. The van der Waals surface area contributed by atoms with Crippen molar-refractivity contribution in [1.29, 1.82) is 0 Å². The van der Waals surface area contributed by atoms with Crippen LogP contribution in [0.2, 0.25) is 0 Å². The average Bonchev–Trinajstić information content (AvgIpc) is 2.61. The zero-order valence-corrected chi connectivity index (χ0v) is 16.6. The molecule has 7 heteroatoms. The number of sulfonamides is 1. The van der Waals surface area contributed by atoms with Crippen LogP contribution in [0, 0.1) is 0 Å². The standard InChI is InChI=1S/C18H21BrN2O3S/c1-3-20(4-2)18(22)14-21(16-10-8-9-15(19)13-16)25(23,24)17-11-6-5-7-12-17/h5-13H,3-4,14H2,1-2H3. The van der Waals surface area contributed by atoms with Crippen LogP contribution in [-0.2, 0) is 14.8 Å². The molecule has 0 saturated carbocycles. The van der Waals surface area contributed by atoms with Crippen LogP contribution in [0.4, 0.5) is 5.69 Å². The van der Waals surface area contributed by atoms with Gasteiger partial charge in [-0.2, -0.15) is 0 Å². The molecule has 0 N–H and O–H groups in total. The third kappa shape index (κ3) is 4.61. The van der Waals surface area contributed by atoms with Gasteiger partial charge in [0.1, 0.15) is 6.54 Å². The van der Waals surface area contributed by atoms with Crippen molar-refractivity contribution in [3.05, 3.63) is 59.1 Å². The highest BCUT2D eigenvalue weighted by atomic mass is 79.9. The molecular weight excluding hydrogens is 404 g/mol. The monoisotopic (exact) mass is 424 g/mol. The number of carbonyl (C=O) groups is 1. The predicted octanol–water partition coefficient (Wildman–Crippen LogP) is 3.51. The lowest BCUT2D eigenvalue weighted by atomic mass is 10.3. The quantitative estimate of drug-likeness (QED) is 0.682. The fourth-order valence-corrected chi connectivity index (χ4v) is 4.28. The van der Waals surface area contributed by atoms with E-state index in [9.17, 15) is 13.2 Å². The lowest BCUT2D eigenvalue weighted by molar-refractivity contribution is -0.129. The van der Waals surface area contributed by atoms with Gasteiger partial charge in [-0.15, -0.1) is 0 Å². The fraction of sp³-hybridized carbons (Fsp3) is 0.278. The molecule has 0 unspecified atom stereocenters. The van der Waals surface area contributed by atoms with Crippen LogP contribution in [0.1, 0.15) is 13.8 Å². The Morgan fingerprint density at radius 1 is 1.00 bits per heavy atom. The highest BCUT2D eigenvalue weighted by molar-refractivity contribution is 9.10. The molecule has 25 heavy (non-hydrogen) atoms. The SMILES string of the molecule is CCN(CC)C(=O)CN(c1cccc(Br)c1)S(=O)(=O)c1ccccc1. The van der Waals surface area contributed by atoms with E-state index in [1.807, 2.05) is 19.9 Å². The number of hydrogen-bond acceptors (Lipinski definition) is 3. The Hall–Kier alpha value is -1.86. The molecule has 0 aliphatic rings. The minimum absolute atomic E-state index is 0.155. The number of anilines is 1. The Labute approximate surface area is 157 Å². The van der Waals surface area contributed by atoms with Crippen molar-refractivity contribution in [2.75, 3.05) is 23.9 Å². The van der Waals surface area contributed by atoms with Crippen LogP contribution in [0.5, 0.6) is 0 Å². The summed E-state index contributed by atoms with van der Waals surface area (Å²) in [6, 6.07) is 15.1. The number of carbonyl (C=O) groups excluding carboxylic acids is 1. The predicted molar refractivity (Wildman–Crippen MR) is 103 cm³/mol. The van der Waals surface area contributed by atoms with E-state index in [2.05, 4.69) is 15.9 Å². The summed E-state index contributed by atoms with van der Waals surface area (Å²) in [4.78, 5) is 14.3. The summed E-state index contributed by atoms with van der Waals surface area (Å²) in [5.41, 5.74) is 0.443. The minimum atomic E-state index is -3.85. The summed E-state index contributed by atoms with van der Waals surface area (Å²) >= 11 is 3.36. The normalized spacial score (nSPS) is 11.2. The number of likely N-dealkylation sites (N-methyl/N-ethyl adjacent to an activating group) is 1. The molecular formula is C18H21BrN2O3S. The number of nitrogens with zero attached hydrogens (tertiary/aromatic N) is 2. The second kappa shape index (κ2) is 8.49. The van der Waals surface area contributed by atoms with Gasteiger partial charge in [-0.3, -0.25) is 9.10 Å². The Bertz CT molecular complexity index is 821. The first-order chi connectivity index (χ1) is 11.9. The van der Waals surface area contributed by atoms with Crippen molar-refractivity contribution in [3.63, 3.8) is 0 Å². The second-order valence-electron chi connectivity index (χ2n) is 5.37. The zero-order valence-electron chi connectivity index (χ0n) is 14.2. The van der Waals surface area contributed by atoms with Gasteiger partial charge in [0.15, 0.2) is 0 Å².